The molecular formula is C16H26N2S. The highest BCUT2D eigenvalue weighted by Crippen LogP contribution is 2.28. The number of aryl methyl sites for hydroxylation is 1. The highest BCUT2D eigenvalue weighted by molar-refractivity contribution is 7.99. The lowest BCUT2D eigenvalue weighted by Gasteiger charge is -2.46. The molecule has 1 aromatic carbocycles. The second-order valence-corrected chi connectivity index (χ2v) is 6.95. The summed E-state index contributed by atoms with van der Waals surface area (Å²) in [7, 11) is 0. The molecule has 2 unspecified atom stereocenters. The van der Waals surface area contributed by atoms with Crippen LogP contribution in [-0.4, -0.2) is 41.1 Å². The van der Waals surface area contributed by atoms with Crippen LogP contribution in [-0.2, 0) is 6.42 Å². The van der Waals surface area contributed by atoms with Crippen LogP contribution in [0, 0.1) is 0 Å². The number of benzene rings is 1. The van der Waals surface area contributed by atoms with Crippen LogP contribution in [0.2, 0.25) is 0 Å². The van der Waals surface area contributed by atoms with Crippen LogP contribution in [0.25, 0.3) is 0 Å². The molecule has 3 heteroatoms. The molecule has 2 nitrogen and oxygen atoms in total. The summed E-state index contributed by atoms with van der Waals surface area (Å²) in [5.74, 6) is 2.48. The fraction of sp³-hybridized carbons (Fsp3) is 0.625. The molecule has 2 rings (SSSR count). The number of nitrogens with two attached hydrogens (primary N) is 1. The zero-order chi connectivity index (χ0) is 13.7. The van der Waals surface area contributed by atoms with Gasteiger partial charge in [0, 0.05) is 36.2 Å². The quantitative estimate of drug-likeness (QED) is 0.898. The summed E-state index contributed by atoms with van der Waals surface area (Å²) in [6.45, 7) is 6.59. The number of hydrogen-bond donors (Lipinski definition) is 1. The van der Waals surface area contributed by atoms with E-state index in [9.17, 15) is 0 Å². The largest absolute Gasteiger partial charge is 0.329 e. The monoisotopic (exact) mass is 278 g/mol. The van der Waals surface area contributed by atoms with Crippen molar-refractivity contribution in [3.63, 3.8) is 0 Å². The van der Waals surface area contributed by atoms with Crippen molar-refractivity contribution in [2.75, 3.05) is 24.6 Å². The molecule has 1 aliphatic heterocycles. The summed E-state index contributed by atoms with van der Waals surface area (Å²) < 4.78 is 0. The van der Waals surface area contributed by atoms with Crippen LogP contribution in [0.5, 0.6) is 0 Å². The van der Waals surface area contributed by atoms with Crippen molar-refractivity contribution >= 4 is 11.8 Å². The normalized spacial score (nSPS) is 24.1. The van der Waals surface area contributed by atoms with Crippen LogP contribution >= 0.6 is 11.8 Å². The van der Waals surface area contributed by atoms with E-state index in [1.54, 1.807) is 0 Å². The molecule has 0 aliphatic carbocycles. The van der Waals surface area contributed by atoms with Gasteiger partial charge >= 0.3 is 0 Å². The van der Waals surface area contributed by atoms with E-state index in [2.05, 4.69) is 60.8 Å². The smallest absolute Gasteiger partial charge is 0.0310 e. The molecule has 1 saturated heterocycles. The average molecular weight is 278 g/mol. The maximum Gasteiger partial charge on any atom is 0.0310 e. The van der Waals surface area contributed by atoms with E-state index in [1.807, 2.05) is 0 Å². The Morgan fingerprint density at radius 2 is 2.11 bits per heavy atom. The Kier molecular flexibility index (Phi) is 5.31. The molecule has 0 amide bonds. The van der Waals surface area contributed by atoms with E-state index in [0.717, 1.165) is 19.4 Å². The lowest BCUT2D eigenvalue weighted by atomic mass is 9.90. The third kappa shape index (κ3) is 3.74. The minimum atomic E-state index is 0.135. The van der Waals surface area contributed by atoms with E-state index in [-0.39, 0.29) is 5.54 Å². The Hall–Kier alpha value is -0.510. The van der Waals surface area contributed by atoms with Gasteiger partial charge in [-0.3, -0.25) is 4.90 Å². The number of rotatable bonds is 5. The van der Waals surface area contributed by atoms with Gasteiger partial charge in [0.1, 0.15) is 0 Å². The summed E-state index contributed by atoms with van der Waals surface area (Å²) in [5, 5.41) is 0. The first-order valence-electron chi connectivity index (χ1n) is 7.24. The second kappa shape index (κ2) is 6.78. The molecule has 2 N–H and O–H groups in total. The topological polar surface area (TPSA) is 29.3 Å². The Bertz CT molecular complexity index is 382. The van der Waals surface area contributed by atoms with Crippen LogP contribution in [0.4, 0.5) is 0 Å². The SMILES string of the molecule is CC1CSCCN1C(C)(CN)CCc1ccccc1. The van der Waals surface area contributed by atoms with Gasteiger partial charge in [0.15, 0.2) is 0 Å². The second-order valence-electron chi connectivity index (χ2n) is 5.80. The van der Waals surface area contributed by atoms with Gasteiger partial charge in [0.05, 0.1) is 0 Å². The van der Waals surface area contributed by atoms with Gasteiger partial charge in [0.25, 0.3) is 0 Å². The summed E-state index contributed by atoms with van der Waals surface area (Å²) >= 11 is 2.07. The fourth-order valence-corrected chi connectivity index (χ4v) is 3.96. The zero-order valence-electron chi connectivity index (χ0n) is 12.1. The van der Waals surface area contributed by atoms with Gasteiger partial charge < -0.3 is 5.73 Å². The number of thioether (sulfide) groups is 1. The first-order chi connectivity index (χ1) is 9.15. The highest BCUT2D eigenvalue weighted by atomic mass is 32.2. The van der Waals surface area contributed by atoms with Gasteiger partial charge in [-0.05, 0) is 32.3 Å². The van der Waals surface area contributed by atoms with Crippen molar-refractivity contribution < 1.29 is 0 Å². The van der Waals surface area contributed by atoms with Gasteiger partial charge in [0.2, 0.25) is 0 Å². The van der Waals surface area contributed by atoms with Crippen LogP contribution in [0.15, 0.2) is 30.3 Å². The Labute approximate surface area is 121 Å². The third-order valence-electron chi connectivity index (χ3n) is 4.30. The molecule has 19 heavy (non-hydrogen) atoms. The van der Waals surface area contributed by atoms with Crippen molar-refractivity contribution in [3.8, 4) is 0 Å². The number of hydrogen-bond acceptors (Lipinski definition) is 3. The molecule has 0 radical (unpaired) electrons. The molecular weight excluding hydrogens is 252 g/mol. The standard InChI is InChI=1S/C16H26N2S/c1-14-12-19-11-10-18(14)16(2,13-17)9-8-15-6-4-3-5-7-15/h3-7,14H,8-13,17H2,1-2H3. The molecule has 1 fully saturated rings. The summed E-state index contributed by atoms with van der Waals surface area (Å²) in [6, 6.07) is 11.4. The summed E-state index contributed by atoms with van der Waals surface area (Å²) in [5.41, 5.74) is 7.67. The first-order valence-corrected chi connectivity index (χ1v) is 8.40. The molecule has 0 saturated carbocycles. The predicted molar refractivity (Wildman–Crippen MR) is 85.7 cm³/mol. The van der Waals surface area contributed by atoms with E-state index >= 15 is 0 Å². The van der Waals surface area contributed by atoms with Gasteiger partial charge in [-0.25, -0.2) is 0 Å². The summed E-state index contributed by atoms with van der Waals surface area (Å²) in [6.07, 6.45) is 2.26. The maximum atomic E-state index is 6.12. The zero-order valence-corrected chi connectivity index (χ0v) is 13.0. The molecule has 0 aromatic heterocycles. The molecule has 2 atom stereocenters. The van der Waals surface area contributed by atoms with Crippen molar-refractivity contribution in [1.29, 1.82) is 0 Å². The van der Waals surface area contributed by atoms with E-state index in [1.165, 1.54) is 23.6 Å². The van der Waals surface area contributed by atoms with Gasteiger partial charge in [-0.2, -0.15) is 11.8 Å². The van der Waals surface area contributed by atoms with Crippen molar-refractivity contribution in [3.05, 3.63) is 35.9 Å². The van der Waals surface area contributed by atoms with Crippen LogP contribution in [0.1, 0.15) is 25.8 Å². The Morgan fingerprint density at radius 3 is 2.74 bits per heavy atom. The van der Waals surface area contributed by atoms with Crippen molar-refractivity contribution in [2.45, 2.75) is 38.3 Å². The van der Waals surface area contributed by atoms with Gasteiger partial charge in [-0.1, -0.05) is 30.3 Å². The van der Waals surface area contributed by atoms with Crippen molar-refractivity contribution in [1.82, 2.24) is 4.90 Å². The lowest BCUT2D eigenvalue weighted by molar-refractivity contribution is 0.0745. The minimum absolute atomic E-state index is 0.135. The molecule has 1 aromatic rings. The molecule has 1 heterocycles. The van der Waals surface area contributed by atoms with Gasteiger partial charge in [-0.15, -0.1) is 0 Å². The van der Waals surface area contributed by atoms with E-state index in [4.69, 9.17) is 5.73 Å². The van der Waals surface area contributed by atoms with Crippen LogP contribution in [0.3, 0.4) is 0 Å². The average Bonchev–Trinajstić information content (AvgIpc) is 2.46. The third-order valence-corrected chi connectivity index (χ3v) is 5.49. The number of nitrogens with zero attached hydrogens (tertiary/aromatic N) is 1. The first kappa shape index (κ1) is 14.9. The molecule has 0 spiro atoms. The maximum absolute atomic E-state index is 6.12. The van der Waals surface area contributed by atoms with E-state index < -0.39 is 0 Å². The highest BCUT2D eigenvalue weighted by Gasteiger charge is 2.34. The minimum Gasteiger partial charge on any atom is -0.329 e. The lowest BCUT2D eigenvalue weighted by Crippen LogP contribution is -2.58. The predicted octanol–water partition coefficient (Wildman–Crippen LogP) is 2.77. The Morgan fingerprint density at radius 1 is 1.37 bits per heavy atom. The molecule has 1 aliphatic rings. The van der Waals surface area contributed by atoms with E-state index in [0.29, 0.717) is 6.04 Å². The van der Waals surface area contributed by atoms with Crippen molar-refractivity contribution in [2.24, 2.45) is 5.73 Å². The Balaban J connectivity index is 2.00. The summed E-state index contributed by atoms with van der Waals surface area (Å²) in [4.78, 5) is 2.63. The molecule has 0 bridgehead atoms. The molecule has 106 valence electrons. The van der Waals surface area contributed by atoms with Crippen LogP contribution < -0.4 is 5.73 Å². The fourth-order valence-electron chi connectivity index (χ4n) is 2.95.